The van der Waals surface area contributed by atoms with E-state index in [-0.39, 0.29) is 10.8 Å². The Labute approximate surface area is 152 Å². The molecule has 0 amide bonds. The molecule has 0 fully saturated rings. The first kappa shape index (κ1) is 16.7. The van der Waals surface area contributed by atoms with Gasteiger partial charge in [0.25, 0.3) is 0 Å². The van der Waals surface area contributed by atoms with Gasteiger partial charge >= 0.3 is 0 Å². The highest BCUT2D eigenvalue weighted by atomic mass is 15.3. The van der Waals surface area contributed by atoms with E-state index in [1.165, 1.54) is 5.56 Å². The average molecular weight is 348 g/mol. The number of fused-ring (bicyclic) bond motifs is 2. The van der Waals surface area contributed by atoms with Crippen molar-refractivity contribution in [3.05, 3.63) is 48.0 Å². The summed E-state index contributed by atoms with van der Waals surface area (Å²) >= 11 is 0. The summed E-state index contributed by atoms with van der Waals surface area (Å²) in [4.78, 5) is 9.08. The Balaban J connectivity index is 1.90. The Bertz CT molecular complexity index is 1100. The van der Waals surface area contributed by atoms with Crippen LogP contribution in [0.25, 0.3) is 22.7 Å². The van der Waals surface area contributed by atoms with Crippen molar-refractivity contribution >= 4 is 11.3 Å². The molecule has 0 aliphatic heterocycles. The minimum Gasteiger partial charge on any atom is -0.220 e. The van der Waals surface area contributed by atoms with E-state index >= 15 is 0 Å². The van der Waals surface area contributed by atoms with Crippen LogP contribution < -0.4 is 0 Å². The Morgan fingerprint density at radius 2 is 1.65 bits per heavy atom. The molecule has 4 aromatic rings. The van der Waals surface area contributed by atoms with E-state index < -0.39 is 0 Å². The van der Waals surface area contributed by atoms with Crippen LogP contribution in [0.15, 0.2) is 36.8 Å². The van der Waals surface area contributed by atoms with Crippen molar-refractivity contribution in [2.45, 2.75) is 52.4 Å². The van der Waals surface area contributed by atoms with E-state index in [1.54, 1.807) is 6.33 Å². The molecule has 134 valence electrons. The summed E-state index contributed by atoms with van der Waals surface area (Å²) in [6.07, 6.45) is 3.65. The molecule has 0 N–H and O–H groups in total. The summed E-state index contributed by atoms with van der Waals surface area (Å²) in [7, 11) is 0. The molecule has 6 nitrogen and oxygen atoms in total. The molecular weight excluding hydrogens is 324 g/mol. The molecule has 4 rings (SSSR count). The lowest BCUT2D eigenvalue weighted by molar-refractivity contribution is 0.549. The molecule has 0 saturated heterocycles. The van der Waals surface area contributed by atoms with E-state index in [0.29, 0.717) is 5.82 Å². The van der Waals surface area contributed by atoms with E-state index in [0.717, 1.165) is 22.6 Å². The van der Waals surface area contributed by atoms with Crippen LogP contribution >= 0.6 is 0 Å². The van der Waals surface area contributed by atoms with Crippen molar-refractivity contribution in [1.29, 1.82) is 0 Å². The smallest absolute Gasteiger partial charge is 0.182 e. The molecule has 6 heteroatoms. The first-order valence-electron chi connectivity index (χ1n) is 8.84. The zero-order valence-corrected chi connectivity index (χ0v) is 16.1. The van der Waals surface area contributed by atoms with Gasteiger partial charge in [-0.1, -0.05) is 47.6 Å². The quantitative estimate of drug-likeness (QED) is 0.521. The summed E-state index contributed by atoms with van der Waals surface area (Å²) in [5.41, 5.74) is 4.91. The van der Waals surface area contributed by atoms with Crippen LogP contribution in [0.2, 0.25) is 0 Å². The lowest BCUT2D eigenvalue weighted by Crippen LogP contribution is -2.17. The molecule has 0 saturated carbocycles. The highest BCUT2D eigenvalue weighted by molar-refractivity contribution is 5.64. The largest absolute Gasteiger partial charge is 0.220 e. The van der Waals surface area contributed by atoms with Crippen molar-refractivity contribution < 1.29 is 0 Å². The zero-order chi connectivity index (χ0) is 18.7. The van der Waals surface area contributed by atoms with Crippen LogP contribution in [0.1, 0.15) is 52.8 Å². The molecule has 0 radical (unpaired) electrons. The van der Waals surface area contributed by atoms with Crippen molar-refractivity contribution in [1.82, 2.24) is 29.2 Å². The maximum Gasteiger partial charge on any atom is 0.182 e. The van der Waals surface area contributed by atoms with Gasteiger partial charge < -0.3 is 0 Å². The fraction of sp³-hybridized carbons (Fsp3) is 0.400. The summed E-state index contributed by atoms with van der Waals surface area (Å²) < 4.78 is 3.75. The molecule has 4 aromatic heterocycles. The van der Waals surface area contributed by atoms with Crippen LogP contribution in [0.4, 0.5) is 0 Å². The molecule has 0 unspecified atom stereocenters. The molecule has 0 atom stereocenters. The van der Waals surface area contributed by atoms with Gasteiger partial charge in [-0.25, -0.2) is 19.0 Å². The van der Waals surface area contributed by atoms with Crippen molar-refractivity contribution in [3.63, 3.8) is 0 Å². The zero-order valence-electron chi connectivity index (χ0n) is 16.1. The Hall–Kier alpha value is -2.76. The predicted molar refractivity (Wildman–Crippen MR) is 102 cm³/mol. The van der Waals surface area contributed by atoms with Crippen LogP contribution in [0, 0.1) is 0 Å². The average Bonchev–Trinajstić information content (AvgIpc) is 3.17. The SMILES string of the molecule is CC(C)(C)c1ccc2nc(-c3cc(C(C)(C)C)n4ncnc4c3)nn2c1. The number of hydrogen-bond donors (Lipinski definition) is 0. The van der Waals surface area contributed by atoms with E-state index in [1.807, 2.05) is 21.2 Å². The van der Waals surface area contributed by atoms with Crippen molar-refractivity contribution in [2.75, 3.05) is 0 Å². The molecule has 0 bridgehead atoms. The van der Waals surface area contributed by atoms with Gasteiger partial charge in [-0.15, -0.1) is 5.10 Å². The predicted octanol–water partition coefficient (Wildman–Crippen LogP) is 4.03. The minimum atomic E-state index is -0.0689. The monoisotopic (exact) mass is 348 g/mol. The summed E-state index contributed by atoms with van der Waals surface area (Å²) in [5.74, 6) is 0.701. The third kappa shape index (κ3) is 2.75. The van der Waals surface area contributed by atoms with Crippen molar-refractivity contribution in [2.24, 2.45) is 0 Å². The van der Waals surface area contributed by atoms with Gasteiger partial charge in [0, 0.05) is 17.2 Å². The lowest BCUT2D eigenvalue weighted by atomic mass is 9.88. The van der Waals surface area contributed by atoms with Gasteiger partial charge in [0.1, 0.15) is 6.33 Å². The maximum absolute atomic E-state index is 4.72. The van der Waals surface area contributed by atoms with Gasteiger partial charge in [-0.2, -0.15) is 5.10 Å². The highest BCUT2D eigenvalue weighted by Gasteiger charge is 2.21. The topological polar surface area (TPSA) is 60.4 Å². The number of hydrogen-bond acceptors (Lipinski definition) is 4. The van der Waals surface area contributed by atoms with Gasteiger partial charge in [-0.05, 0) is 29.2 Å². The Morgan fingerprint density at radius 1 is 0.885 bits per heavy atom. The Kier molecular flexibility index (Phi) is 3.45. The lowest BCUT2D eigenvalue weighted by Gasteiger charge is -2.20. The standard InChI is InChI=1S/C20H24N6/c1-19(2,3)14-7-8-16-23-18(24-25(16)11-14)13-9-15(20(4,5)6)26-17(10-13)21-12-22-26/h7-12H,1-6H3. The number of pyridine rings is 2. The second kappa shape index (κ2) is 5.37. The number of nitrogens with zero attached hydrogens (tertiary/aromatic N) is 6. The Morgan fingerprint density at radius 3 is 2.35 bits per heavy atom. The van der Waals surface area contributed by atoms with E-state index in [4.69, 9.17) is 10.1 Å². The molecule has 0 aliphatic carbocycles. The third-order valence-corrected chi connectivity index (χ3v) is 4.60. The maximum atomic E-state index is 4.72. The summed E-state index contributed by atoms with van der Waals surface area (Å²) in [6.45, 7) is 13.1. The minimum absolute atomic E-state index is 0.0689. The van der Waals surface area contributed by atoms with Crippen LogP contribution in [0.3, 0.4) is 0 Å². The second-order valence-electron chi connectivity index (χ2n) is 8.82. The van der Waals surface area contributed by atoms with Crippen LogP contribution in [-0.4, -0.2) is 29.2 Å². The van der Waals surface area contributed by atoms with Gasteiger partial charge in [0.2, 0.25) is 0 Å². The molecule has 0 aromatic carbocycles. The van der Waals surface area contributed by atoms with E-state index in [9.17, 15) is 0 Å². The van der Waals surface area contributed by atoms with Gasteiger partial charge in [0.15, 0.2) is 17.1 Å². The van der Waals surface area contributed by atoms with Crippen LogP contribution in [0.5, 0.6) is 0 Å². The second-order valence-corrected chi connectivity index (χ2v) is 8.82. The van der Waals surface area contributed by atoms with Gasteiger partial charge in [-0.3, -0.25) is 0 Å². The normalized spacial score (nSPS) is 13.0. The molecule has 0 spiro atoms. The number of aromatic nitrogens is 6. The fourth-order valence-electron chi connectivity index (χ4n) is 3.04. The highest BCUT2D eigenvalue weighted by Crippen LogP contribution is 2.28. The molecular formula is C20H24N6. The number of rotatable bonds is 1. The summed E-state index contributed by atoms with van der Waals surface area (Å²) in [6, 6.07) is 8.25. The van der Waals surface area contributed by atoms with Gasteiger partial charge in [0.05, 0.1) is 5.69 Å². The summed E-state index contributed by atoms with van der Waals surface area (Å²) in [5, 5.41) is 9.08. The fourth-order valence-corrected chi connectivity index (χ4v) is 3.04. The molecule has 0 aliphatic rings. The van der Waals surface area contributed by atoms with Crippen molar-refractivity contribution in [3.8, 4) is 11.4 Å². The molecule has 26 heavy (non-hydrogen) atoms. The molecule has 4 heterocycles. The third-order valence-electron chi connectivity index (χ3n) is 4.60. The van der Waals surface area contributed by atoms with Crippen LogP contribution in [-0.2, 0) is 10.8 Å². The first-order chi connectivity index (χ1) is 12.1. The first-order valence-corrected chi connectivity index (χ1v) is 8.84. The van der Waals surface area contributed by atoms with E-state index in [2.05, 4.69) is 70.0 Å².